The van der Waals surface area contributed by atoms with Gasteiger partial charge in [-0.2, -0.15) is 17.6 Å². The molecular formula is C22H25N5O5S. The van der Waals surface area contributed by atoms with Crippen LogP contribution in [0.25, 0.3) is 0 Å². The molecule has 0 spiro atoms. The minimum atomic E-state index is -1.19. The van der Waals surface area contributed by atoms with E-state index in [1.807, 2.05) is 30.3 Å². The quantitative estimate of drug-likeness (QED) is 0.244. The molecular weight excluding hydrogens is 446 g/mol. The normalized spacial score (nSPS) is 13.6. The summed E-state index contributed by atoms with van der Waals surface area (Å²) in [6.45, 7) is 0. The van der Waals surface area contributed by atoms with Crippen LogP contribution in [-0.2, 0) is 17.6 Å². The highest BCUT2D eigenvalue weighted by molar-refractivity contribution is 7.80. The first kappa shape index (κ1) is 24.1. The molecule has 3 atom stereocenters. The van der Waals surface area contributed by atoms with Crippen LogP contribution in [0.3, 0.4) is 0 Å². The lowest BCUT2D eigenvalue weighted by Crippen LogP contribution is -2.48. The predicted molar refractivity (Wildman–Crippen MR) is 123 cm³/mol. The van der Waals surface area contributed by atoms with Gasteiger partial charge in [0.05, 0.1) is 6.04 Å². The third-order valence-electron chi connectivity index (χ3n) is 4.85. The maximum absolute atomic E-state index is 12.4. The lowest BCUT2D eigenvalue weighted by molar-refractivity contribution is -0.138. The van der Waals surface area contributed by atoms with Crippen LogP contribution in [0, 0.1) is 0 Å². The van der Waals surface area contributed by atoms with E-state index in [2.05, 4.69) is 33.4 Å². The van der Waals surface area contributed by atoms with E-state index in [9.17, 15) is 14.7 Å². The van der Waals surface area contributed by atoms with Crippen LogP contribution in [0.1, 0.15) is 34.9 Å². The molecule has 0 aliphatic heterocycles. The van der Waals surface area contributed by atoms with Gasteiger partial charge in [0.15, 0.2) is 5.82 Å². The molecule has 0 saturated heterocycles. The highest BCUT2D eigenvalue weighted by Crippen LogP contribution is 2.21. The summed E-state index contributed by atoms with van der Waals surface area (Å²) in [5.74, 6) is -0.700. The number of aromatic hydroxyl groups is 1. The standard InChI is InChI=1S/C22H25N5O5S/c23-16(10-14-6-8-15(28)9-7-14)19-26-20(32-27-19)17(11-13-4-2-1-3-5-13)24-22(31)25-18(12-33)21(29)30/h1-9,16-18,28,33H,10-12,23H2,(H,29,30)(H2,24,25,31)/t16-,17-,18-/m0/s1. The Balaban J connectivity index is 1.75. The highest BCUT2D eigenvalue weighted by atomic mass is 32.1. The van der Waals surface area contributed by atoms with Crippen molar-refractivity contribution in [3.05, 3.63) is 77.4 Å². The van der Waals surface area contributed by atoms with Gasteiger partial charge >= 0.3 is 12.0 Å². The van der Waals surface area contributed by atoms with E-state index in [4.69, 9.17) is 15.4 Å². The fourth-order valence-electron chi connectivity index (χ4n) is 3.11. The fourth-order valence-corrected chi connectivity index (χ4v) is 3.36. The van der Waals surface area contributed by atoms with Crippen LogP contribution in [-0.4, -0.2) is 44.1 Å². The van der Waals surface area contributed by atoms with E-state index in [1.54, 1.807) is 24.3 Å². The fraction of sp³-hybridized carbons (Fsp3) is 0.273. The molecule has 3 aromatic rings. The molecule has 0 fully saturated rings. The Morgan fingerprint density at radius 2 is 1.70 bits per heavy atom. The number of phenolic OH excluding ortho intramolecular Hbond substituents is 1. The summed E-state index contributed by atoms with van der Waals surface area (Å²) in [6, 6.07) is 12.9. The molecule has 1 heterocycles. The van der Waals surface area contributed by atoms with Gasteiger partial charge in [-0.25, -0.2) is 9.59 Å². The smallest absolute Gasteiger partial charge is 0.327 e. The van der Waals surface area contributed by atoms with Crippen LogP contribution < -0.4 is 16.4 Å². The molecule has 0 unspecified atom stereocenters. The number of rotatable bonds is 10. The number of aromatic nitrogens is 2. The van der Waals surface area contributed by atoms with Crippen LogP contribution in [0.15, 0.2) is 59.1 Å². The summed E-state index contributed by atoms with van der Waals surface area (Å²) < 4.78 is 5.40. The minimum absolute atomic E-state index is 0.0665. The molecule has 6 N–H and O–H groups in total. The summed E-state index contributed by atoms with van der Waals surface area (Å²) in [7, 11) is 0. The highest BCUT2D eigenvalue weighted by Gasteiger charge is 2.26. The second-order valence-electron chi connectivity index (χ2n) is 7.40. The average molecular weight is 472 g/mol. The van der Waals surface area contributed by atoms with Crippen molar-refractivity contribution >= 4 is 24.6 Å². The first-order valence-corrected chi connectivity index (χ1v) is 10.8. The number of nitrogens with zero attached hydrogens (tertiary/aromatic N) is 2. The molecule has 33 heavy (non-hydrogen) atoms. The number of hydrogen-bond acceptors (Lipinski definition) is 8. The van der Waals surface area contributed by atoms with Crippen molar-refractivity contribution in [3.63, 3.8) is 0 Å². The van der Waals surface area contributed by atoms with Crippen LogP contribution in [0.5, 0.6) is 5.75 Å². The second kappa shape index (κ2) is 11.3. The Kier molecular flexibility index (Phi) is 8.28. The molecule has 0 aliphatic carbocycles. The number of aliphatic carboxylic acids is 1. The Hall–Kier alpha value is -3.57. The third kappa shape index (κ3) is 6.96. The number of nitrogens with one attached hydrogen (secondary N) is 2. The largest absolute Gasteiger partial charge is 0.508 e. The number of thiol groups is 1. The average Bonchev–Trinajstić information content (AvgIpc) is 3.29. The van der Waals surface area contributed by atoms with Crippen molar-refractivity contribution in [2.24, 2.45) is 5.73 Å². The summed E-state index contributed by atoms with van der Waals surface area (Å²) in [6.07, 6.45) is 0.750. The SMILES string of the molecule is N[C@@H](Cc1ccc(O)cc1)c1noc([C@H](Cc2ccccc2)NC(=O)N[C@@H](CS)C(=O)O)n1. The van der Waals surface area contributed by atoms with E-state index in [-0.39, 0.29) is 23.2 Å². The van der Waals surface area contributed by atoms with Gasteiger partial charge in [-0.15, -0.1) is 0 Å². The molecule has 2 aromatic carbocycles. The van der Waals surface area contributed by atoms with Gasteiger partial charge in [0.25, 0.3) is 0 Å². The van der Waals surface area contributed by atoms with Crippen molar-refractivity contribution < 1.29 is 24.3 Å². The minimum Gasteiger partial charge on any atom is -0.508 e. The number of carbonyl (C=O) groups is 2. The van der Waals surface area contributed by atoms with Crippen molar-refractivity contribution in [2.75, 3.05) is 5.75 Å². The van der Waals surface area contributed by atoms with Gasteiger partial charge in [-0.1, -0.05) is 47.6 Å². The zero-order chi connectivity index (χ0) is 23.8. The van der Waals surface area contributed by atoms with Crippen LogP contribution in [0.4, 0.5) is 4.79 Å². The van der Waals surface area contributed by atoms with E-state index in [0.29, 0.717) is 12.8 Å². The molecule has 1 aromatic heterocycles. The Labute approximate surface area is 195 Å². The number of carboxylic acid groups (broad SMARTS) is 1. The van der Waals surface area contributed by atoms with Gasteiger partial charge < -0.3 is 31.1 Å². The molecule has 10 nitrogen and oxygen atoms in total. The molecule has 0 bridgehead atoms. The Morgan fingerprint density at radius 3 is 2.33 bits per heavy atom. The molecule has 174 valence electrons. The van der Waals surface area contributed by atoms with Crippen molar-refractivity contribution in [1.29, 1.82) is 0 Å². The van der Waals surface area contributed by atoms with E-state index < -0.39 is 30.1 Å². The maximum Gasteiger partial charge on any atom is 0.327 e. The summed E-state index contributed by atoms with van der Waals surface area (Å²) in [5.41, 5.74) is 8.02. The number of urea groups is 1. The number of carboxylic acids is 1. The molecule has 11 heteroatoms. The van der Waals surface area contributed by atoms with Gasteiger partial charge in [0.1, 0.15) is 17.8 Å². The van der Waals surface area contributed by atoms with E-state index >= 15 is 0 Å². The lowest BCUT2D eigenvalue weighted by Gasteiger charge is -2.18. The van der Waals surface area contributed by atoms with Gasteiger partial charge in [0.2, 0.25) is 5.89 Å². The van der Waals surface area contributed by atoms with E-state index in [0.717, 1.165) is 11.1 Å². The number of amides is 2. The van der Waals surface area contributed by atoms with Crippen molar-refractivity contribution in [2.45, 2.75) is 31.0 Å². The van der Waals surface area contributed by atoms with Gasteiger partial charge in [-0.05, 0) is 29.7 Å². The Morgan fingerprint density at radius 1 is 1.03 bits per heavy atom. The Bertz CT molecular complexity index is 1060. The summed E-state index contributed by atoms with van der Waals surface area (Å²) >= 11 is 3.95. The van der Waals surface area contributed by atoms with E-state index in [1.165, 1.54) is 0 Å². The number of phenols is 1. The summed E-state index contributed by atoms with van der Waals surface area (Å²) in [5, 5.41) is 27.6. The zero-order valence-corrected chi connectivity index (χ0v) is 18.5. The third-order valence-corrected chi connectivity index (χ3v) is 5.22. The molecule has 0 saturated carbocycles. The zero-order valence-electron chi connectivity index (χ0n) is 17.6. The molecule has 0 radical (unpaired) electrons. The first-order valence-electron chi connectivity index (χ1n) is 10.2. The molecule has 2 amide bonds. The number of nitrogens with two attached hydrogens (primary N) is 1. The predicted octanol–water partition coefficient (Wildman–Crippen LogP) is 1.98. The lowest BCUT2D eigenvalue weighted by atomic mass is 10.1. The number of hydrogen-bond donors (Lipinski definition) is 6. The maximum atomic E-state index is 12.4. The number of benzene rings is 2. The van der Waals surface area contributed by atoms with Crippen LogP contribution in [0.2, 0.25) is 0 Å². The van der Waals surface area contributed by atoms with Gasteiger partial charge in [-0.3, -0.25) is 0 Å². The summed E-state index contributed by atoms with van der Waals surface area (Å²) in [4.78, 5) is 28.0. The van der Waals surface area contributed by atoms with Crippen molar-refractivity contribution in [1.82, 2.24) is 20.8 Å². The van der Waals surface area contributed by atoms with Crippen LogP contribution >= 0.6 is 12.6 Å². The molecule has 0 aliphatic rings. The monoisotopic (exact) mass is 471 g/mol. The second-order valence-corrected chi connectivity index (χ2v) is 7.77. The van der Waals surface area contributed by atoms with Gasteiger partial charge in [0, 0.05) is 12.2 Å². The molecule has 3 rings (SSSR count). The topological polar surface area (TPSA) is 164 Å². The first-order chi connectivity index (χ1) is 15.9. The number of carbonyl (C=O) groups excluding carboxylic acids is 1. The van der Waals surface area contributed by atoms with Crippen molar-refractivity contribution in [3.8, 4) is 5.75 Å².